The maximum absolute atomic E-state index is 7.56. The zero-order valence-electron chi connectivity index (χ0n) is 31.1. The molecule has 2 aliphatic rings. The molecule has 5 aromatic rings. The zero-order chi connectivity index (χ0) is 35.8. The first-order valence-electron chi connectivity index (χ1n) is 18.3. The van der Waals surface area contributed by atoms with Crippen LogP contribution in [0.15, 0.2) is 114 Å². The van der Waals surface area contributed by atoms with E-state index < -0.39 is 8.32 Å². The lowest BCUT2D eigenvalue weighted by molar-refractivity contribution is 0.193. The van der Waals surface area contributed by atoms with Gasteiger partial charge in [-0.15, -0.1) is 0 Å². The standard InChI is InChI=1S/C43H52N4O2SSi/c1-42(2,3)47-41(44-34-22-20-33-30-46(50-40(33)27-34)29-31-18-23-35(48-7)24-19-31)28-39(45-47)32-21-25-36(26-32)49-51(43(4,5)6,37-14-10-8-11-15-37)38-16-12-9-13-17-38/h8-20,22-24,27-28,32,36,44H,21,25-26,29-30H2,1-7H3/t32-,36+/m0/s1. The van der Waals surface area contributed by atoms with E-state index in [1.807, 2.05) is 24.1 Å². The van der Waals surface area contributed by atoms with Gasteiger partial charge >= 0.3 is 0 Å². The topological polar surface area (TPSA) is 51.6 Å². The maximum Gasteiger partial charge on any atom is 0.261 e. The molecule has 51 heavy (non-hydrogen) atoms. The van der Waals surface area contributed by atoms with Crippen LogP contribution in [0.5, 0.6) is 5.75 Å². The Labute approximate surface area is 309 Å². The second-order valence-electron chi connectivity index (χ2n) is 16.1. The van der Waals surface area contributed by atoms with Crippen LogP contribution < -0.4 is 20.4 Å². The normalized spacial score (nSPS) is 18.2. The number of aromatic nitrogens is 2. The Kier molecular flexibility index (Phi) is 9.98. The molecule has 1 fully saturated rings. The number of nitrogens with one attached hydrogen (secondary N) is 1. The molecular weight excluding hydrogens is 665 g/mol. The molecule has 1 aliphatic heterocycles. The van der Waals surface area contributed by atoms with Crippen molar-refractivity contribution in [3.63, 3.8) is 0 Å². The van der Waals surface area contributed by atoms with Crippen LogP contribution >= 0.6 is 11.9 Å². The number of hydrogen-bond acceptors (Lipinski definition) is 6. The van der Waals surface area contributed by atoms with Crippen LogP contribution in [0.1, 0.15) is 83.5 Å². The number of anilines is 2. The number of methoxy groups -OCH3 is 1. The average Bonchev–Trinajstić information content (AvgIpc) is 3.86. The van der Waals surface area contributed by atoms with Gasteiger partial charge in [-0.1, -0.05) is 99.6 Å². The summed E-state index contributed by atoms with van der Waals surface area (Å²) in [5.41, 5.74) is 4.71. The molecule has 4 aromatic carbocycles. The highest BCUT2D eigenvalue weighted by Crippen LogP contribution is 2.44. The molecule has 7 rings (SSSR count). The Hall–Kier alpha value is -3.82. The van der Waals surface area contributed by atoms with Crippen LogP contribution in [-0.2, 0) is 23.1 Å². The van der Waals surface area contributed by atoms with Crippen LogP contribution in [-0.4, -0.2) is 35.6 Å². The lowest BCUT2D eigenvalue weighted by atomic mass is 10.0. The smallest absolute Gasteiger partial charge is 0.261 e. The highest BCUT2D eigenvalue weighted by molar-refractivity contribution is 7.97. The van der Waals surface area contributed by atoms with E-state index in [1.165, 1.54) is 26.4 Å². The van der Waals surface area contributed by atoms with Crippen molar-refractivity contribution in [1.29, 1.82) is 0 Å². The minimum Gasteiger partial charge on any atom is -0.497 e. The van der Waals surface area contributed by atoms with Gasteiger partial charge in [0.05, 0.1) is 18.3 Å². The van der Waals surface area contributed by atoms with Gasteiger partial charge in [0, 0.05) is 41.8 Å². The molecular formula is C43H52N4O2SSi. The molecule has 0 unspecified atom stereocenters. The maximum atomic E-state index is 7.56. The second-order valence-corrected chi connectivity index (χ2v) is 21.5. The Balaban J connectivity index is 1.09. The van der Waals surface area contributed by atoms with Gasteiger partial charge in [-0.25, -0.2) is 8.99 Å². The lowest BCUT2D eigenvalue weighted by Crippen LogP contribution is -2.67. The molecule has 0 amide bonds. The third-order valence-electron chi connectivity index (χ3n) is 10.4. The van der Waals surface area contributed by atoms with Crippen molar-refractivity contribution in [2.45, 2.75) is 101 Å². The van der Waals surface area contributed by atoms with Crippen LogP contribution in [0.3, 0.4) is 0 Å². The first kappa shape index (κ1) is 35.6. The van der Waals surface area contributed by atoms with E-state index in [1.54, 1.807) is 7.11 Å². The van der Waals surface area contributed by atoms with Gasteiger partial charge in [0.2, 0.25) is 0 Å². The first-order valence-corrected chi connectivity index (χ1v) is 21.0. The zero-order valence-corrected chi connectivity index (χ0v) is 33.0. The van der Waals surface area contributed by atoms with E-state index in [-0.39, 0.29) is 16.7 Å². The van der Waals surface area contributed by atoms with Gasteiger partial charge in [0.15, 0.2) is 0 Å². The van der Waals surface area contributed by atoms with Crippen molar-refractivity contribution < 1.29 is 9.16 Å². The predicted octanol–water partition coefficient (Wildman–Crippen LogP) is 9.63. The summed E-state index contributed by atoms with van der Waals surface area (Å²) >= 11 is 1.83. The van der Waals surface area contributed by atoms with Crippen LogP contribution in [0.2, 0.25) is 5.04 Å². The molecule has 2 heterocycles. The largest absolute Gasteiger partial charge is 0.497 e. The highest BCUT2D eigenvalue weighted by Gasteiger charge is 2.52. The summed E-state index contributed by atoms with van der Waals surface area (Å²) < 4.78 is 17.5. The molecule has 1 aliphatic carbocycles. The molecule has 0 radical (unpaired) electrons. The summed E-state index contributed by atoms with van der Waals surface area (Å²) in [6.45, 7) is 15.6. The number of rotatable bonds is 10. The van der Waals surface area contributed by atoms with Gasteiger partial charge < -0.3 is 14.5 Å². The van der Waals surface area contributed by atoms with E-state index >= 15 is 0 Å². The van der Waals surface area contributed by atoms with Gasteiger partial charge in [-0.3, -0.25) is 0 Å². The Bertz CT molecular complexity index is 1890. The lowest BCUT2D eigenvalue weighted by Gasteiger charge is -2.44. The van der Waals surface area contributed by atoms with E-state index in [0.717, 1.165) is 55.3 Å². The summed E-state index contributed by atoms with van der Waals surface area (Å²) in [6, 6.07) is 39.4. The molecule has 2 atom stereocenters. The third kappa shape index (κ3) is 7.42. The van der Waals surface area contributed by atoms with Crippen molar-refractivity contribution in [3.8, 4) is 5.75 Å². The van der Waals surface area contributed by atoms with Gasteiger partial charge in [-0.05, 0) is 103 Å². The van der Waals surface area contributed by atoms with Crippen LogP contribution in [0, 0.1) is 0 Å². The van der Waals surface area contributed by atoms with Crippen molar-refractivity contribution in [3.05, 3.63) is 126 Å². The number of fused-ring (bicyclic) bond motifs is 1. The van der Waals surface area contributed by atoms with Gasteiger partial charge in [0.25, 0.3) is 8.32 Å². The van der Waals surface area contributed by atoms with Crippen molar-refractivity contribution in [1.82, 2.24) is 14.1 Å². The quantitative estimate of drug-likeness (QED) is 0.115. The second kappa shape index (κ2) is 14.3. The summed E-state index contributed by atoms with van der Waals surface area (Å²) in [5, 5.41) is 11.7. The van der Waals surface area contributed by atoms with Crippen molar-refractivity contribution >= 4 is 42.1 Å². The SMILES string of the molecule is COc1ccc(CN2Cc3ccc(Nc4cc([C@H]5CC[C@@H](O[Si](c6ccccc6)(c6ccccc6)C(C)(C)C)C5)nn4C(C)(C)C)cc3S2)cc1. The molecule has 8 heteroatoms. The van der Waals surface area contributed by atoms with E-state index in [9.17, 15) is 0 Å². The molecule has 1 aromatic heterocycles. The van der Waals surface area contributed by atoms with E-state index in [4.69, 9.17) is 14.3 Å². The Morgan fingerprint density at radius 2 is 1.49 bits per heavy atom. The Morgan fingerprint density at radius 1 is 0.824 bits per heavy atom. The minimum atomic E-state index is -2.62. The first-order chi connectivity index (χ1) is 24.4. The molecule has 1 saturated carbocycles. The average molecular weight is 717 g/mol. The molecule has 6 nitrogen and oxygen atoms in total. The van der Waals surface area contributed by atoms with Gasteiger partial charge in [0.1, 0.15) is 11.6 Å². The minimum absolute atomic E-state index is 0.0421. The van der Waals surface area contributed by atoms with Crippen molar-refractivity contribution in [2.75, 3.05) is 12.4 Å². The fourth-order valence-corrected chi connectivity index (χ4v) is 13.7. The molecule has 1 N–H and O–H groups in total. The summed E-state index contributed by atoms with van der Waals surface area (Å²) in [4.78, 5) is 1.30. The molecule has 266 valence electrons. The fraction of sp³-hybridized carbons (Fsp3) is 0.372. The summed E-state index contributed by atoms with van der Waals surface area (Å²) in [7, 11) is -0.911. The number of benzene rings is 4. The number of hydrogen-bond donors (Lipinski definition) is 1. The number of ether oxygens (including phenoxy) is 1. The third-order valence-corrected chi connectivity index (χ3v) is 16.5. The van der Waals surface area contributed by atoms with E-state index in [0.29, 0.717) is 5.92 Å². The van der Waals surface area contributed by atoms with Gasteiger partial charge in [-0.2, -0.15) is 5.10 Å². The fourth-order valence-electron chi connectivity index (χ4n) is 7.84. The van der Waals surface area contributed by atoms with Crippen LogP contribution in [0.4, 0.5) is 11.5 Å². The Morgan fingerprint density at radius 3 is 2.10 bits per heavy atom. The summed E-state index contributed by atoms with van der Waals surface area (Å²) in [5.74, 6) is 2.27. The predicted molar refractivity (Wildman–Crippen MR) is 214 cm³/mol. The van der Waals surface area contributed by atoms with Crippen LogP contribution in [0.25, 0.3) is 0 Å². The molecule has 0 bridgehead atoms. The molecule has 0 saturated heterocycles. The highest BCUT2D eigenvalue weighted by atomic mass is 32.2. The van der Waals surface area contributed by atoms with Crippen molar-refractivity contribution in [2.24, 2.45) is 0 Å². The summed E-state index contributed by atoms with van der Waals surface area (Å²) in [6.07, 6.45) is 3.26. The molecule has 0 spiro atoms. The number of nitrogens with zero attached hydrogens (tertiary/aromatic N) is 3. The monoisotopic (exact) mass is 716 g/mol. The van der Waals surface area contributed by atoms with E-state index in [2.05, 4.69) is 153 Å².